The summed E-state index contributed by atoms with van der Waals surface area (Å²) < 4.78 is 26.4. The lowest BCUT2D eigenvalue weighted by Gasteiger charge is -2.14. The van der Waals surface area contributed by atoms with Crippen LogP contribution >= 0.6 is 11.6 Å². The summed E-state index contributed by atoms with van der Waals surface area (Å²) in [5.41, 5.74) is 1.86. The van der Waals surface area contributed by atoms with Gasteiger partial charge in [0.2, 0.25) is 4.90 Å². The molecule has 0 saturated carbocycles. The quantitative estimate of drug-likeness (QED) is 0.545. The Bertz CT molecular complexity index is 818. The number of hydroxylamine groups is 1. The summed E-state index contributed by atoms with van der Waals surface area (Å²) in [5, 5.41) is 2.20. The number of carbonyl (C=O) groups excluding carboxylic acids is 1. The lowest BCUT2D eigenvalue weighted by atomic mass is 9.96. The van der Waals surface area contributed by atoms with E-state index in [4.69, 9.17) is 25.4 Å². The highest BCUT2D eigenvalue weighted by molar-refractivity contribution is 7.86. The van der Waals surface area contributed by atoms with Crippen LogP contribution in [0.3, 0.4) is 0 Å². The van der Waals surface area contributed by atoms with Crippen molar-refractivity contribution >= 4 is 34.7 Å². The molecule has 27 heavy (non-hydrogen) atoms. The molecule has 3 rings (SSSR count). The van der Waals surface area contributed by atoms with Gasteiger partial charge in [-0.3, -0.25) is 4.79 Å². The summed E-state index contributed by atoms with van der Waals surface area (Å²) in [4.78, 5) is 12.1. The third kappa shape index (κ3) is 4.68. The van der Waals surface area contributed by atoms with Crippen molar-refractivity contribution in [3.63, 3.8) is 0 Å². The van der Waals surface area contributed by atoms with Crippen molar-refractivity contribution in [1.82, 2.24) is 0 Å². The number of esters is 1. The van der Waals surface area contributed by atoms with E-state index in [1.165, 1.54) is 7.11 Å². The van der Waals surface area contributed by atoms with Crippen molar-refractivity contribution in [3.8, 4) is 5.75 Å². The Labute approximate surface area is 166 Å². The number of carbonyl (C=O) groups is 1. The monoisotopic (exact) mass is 410 g/mol. The van der Waals surface area contributed by atoms with Crippen molar-refractivity contribution in [1.29, 1.82) is 0 Å². The van der Waals surface area contributed by atoms with Gasteiger partial charge < -0.3 is 9.47 Å². The minimum atomic E-state index is -1.46. The van der Waals surface area contributed by atoms with Crippen LogP contribution in [0.4, 0.5) is 5.69 Å². The first-order chi connectivity index (χ1) is 13.0. The van der Waals surface area contributed by atoms with E-state index in [1.54, 1.807) is 36.4 Å². The number of benzene rings is 2. The van der Waals surface area contributed by atoms with Gasteiger partial charge in [0.1, 0.15) is 5.75 Å². The van der Waals surface area contributed by atoms with Crippen LogP contribution < -0.4 is 9.80 Å². The summed E-state index contributed by atoms with van der Waals surface area (Å²) in [5.74, 6) is 0.543. The van der Waals surface area contributed by atoms with Crippen LogP contribution in [-0.2, 0) is 25.3 Å². The molecule has 2 aromatic rings. The largest absolute Gasteiger partial charge is 0.497 e. The summed E-state index contributed by atoms with van der Waals surface area (Å²) in [6, 6.07) is 12.6. The van der Waals surface area contributed by atoms with E-state index in [0.717, 1.165) is 17.0 Å². The Morgan fingerprint density at radius 3 is 2.81 bits per heavy atom. The average Bonchev–Trinajstić information content (AvgIpc) is 3.02. The zero-order valence-electron chi connectivity index (χ0n) is 15.1. The molecule has 0 aliphatic carbocycles. The molecule has 0 amide bonds. The molecule has 1 N–H and O–H groups in total. The van der Waals surface area contributed by atoms with Gasteiger partial charge in [0.05, 0.1) is 26.5 Å². The topological polar surface area (TPSA) is 68.2 Å². The fourth-order valence-electron chi connectivity index (χ4n) is 3.03. The summed E-state index contributed by atoms with van der Waals surface area (Å²) >= 11 is 4.54. The van der Waals surface area contributed by atoms with Gasteiger partial charge in [-0.25, -0.2) is 0 Å². The van der Waals surface area contributed by atoms with Gasteiger partial charge in [0, 0.05) is 29.5 Å². The second kappa shape index (κ2) is 8.84. The highest BCUT2D eigenvalue weighted by Crippen LogP contribution is 2.41. The van der Waals surface area contributed by atoms with Crippen LogP contribution in [0.2, 0.25) is 5.02 Å². The Hall–Kier alpha value is -1.93. The van der Waals surface area contributed by atoms with Gasteiger partial charge in [-0.15, -0.1) is 4.55 Å². The first-order valence-corrected chi connectivity index (χ1v) is 9.90. The second-order valence-corrected chi connectivity index (χ2v) is 7.63. The van der Waals surface area contributed by atoms with Crippen molar-refractivity contribution in [2.45, 2.75) is 23.7 Å². The summed E-state index contributed by atoms with van der Waals surface area (Å²) in [6.45, 7) is 0.518. The van der Waals surface area contributed by atoms with Crippen molar-refractivity contribution in [2.75, 3.05) is 25.8 Å². The van der Waals surface area contributed by atoms with Crippen LogP contribution in [-0.4, -0.2) is 31.3 Å². The Kier molecular flexibility index (Phi) is 6.49. The molecule has 0 saturated heterocycles. The maximum atomic E-state index is 11.5. The summed E-state index contributed by atoms with van der Waals surface area (Å²) in [6.07, 6.45) is 0.924. The van der Waals surface area contributed by atoms with Gasteiger partial charge in [-0.1, -0.05) is 17.7 Å². The van der Waals surface area contributed by atoms with Crippen LogP contribution in [0.5, 0.6) is 5.75 Å². The number of fused-ring (bicyclic) bond motifs is 1. The first-order valence-electron chi connectivity index (χ1n) is 8.41. The molecule has 144 valence electrons. The van der Waals surface area contributed by atoms with E-state index in [0.29, 0.717) is 29.3 Å². The lowest BCUT2D eigenvalue weighted by Crippen LogP contribution is -2.26. The molecule has 8 heteroatoms. The number of ether oxygens (including phenoxy) is 2. The number of nitrogens with zero attached hydrogens (tertiary/aromatic N) is 1. The molecule has 1 aliphatic heterocycles. The predicted molar refractivity (Wildman–Crippen MR) is 105 cm³/mol. The average molecular weight is 411 g/mol. The number of methoxy groups -OCH3 is 2. The molecule has 2 unspecified atom stereocenters. The van der Waals surface area contributed by atoms with Crippen LogP contribution in [0.1, 0.15) is 24.3 Å². The van der Waals surface area contributed by atoms with Crippen molar-refractivity contribution in [3.05, 3.63) is 53.1 Å². The Morgan fingerprint density at radius 2 is 2.11 bits per heavy atom. The third-order valence-electron chi connectivity index (χ3n) is 4.41. The van der Waals surface area contributed by atoms with Crippen molar-refractivity contribution < 1.29 is 23.1 Å². The highest BCUT2D eigenvalue weighted by Gasteiger charge is 2.36. The third-order valence-corrected chi connectivity index (χ3v) is 5.63. The van der Waals surface area contributed by atoms with Gasteiger partial charge in [0.25, 0.3) is 0 Å². The van der Waals surface area contributed by atoms with Gasteiger partial charge in [-0.2, -0.15) is 5.06 Å². The van der Waals surface area contributed by atoms with Crippen LogP contribution in [0, 0.1) is 0 Å². The predicted octanol–water partition coefficient (Wildman–Crippen LogP) is 4.20. The number of hydrogen-bond acceptors (Lipinski definition) is 6. The number of halogens is 1. The van der Waals surface area contributed by atoms with Crippen LogP contribution in [0.15, 0.2) is 47.4 Å². The maximum Gasteiger partial charge on any atom is 0.380 e. The molecular weight excluding hydrogens is 390 g/mol. The number of hydrogen-bond donors (Lipinski definition) is 1. The van der Waals surface area contributed by atoms with Crippen LogP contribution in [0.25, 0.3) is 0 Å². The Morgan fingerprint density at radius 1 is 1.30 bits per heavy atom. The molecule has 2 aromatic carbocycles. The van der Waals surface area contributed by atoms with Gasteiger partial charge in [0.15, 0.2) is 0 Å². The van der Waals surface area contributed by atoms with Gasteiger partial charge >= 0.3 is 17.4 Å². The fraction of sp³-hybridized carbons (Fsp3) is 0.316. The molecule has 0 bridgehead atoms. The van der Waals surface area contributed by atoms with E-state index in [-0.39, 0.29) is 11.9 Å². The number of anilines is 1. The summed E-state index contributed by atoms with van der Waals surface area (Å²) in [7, 11) is 2.99. The normalized spacial score (nSPS) is 16.7. The Balaban J connectivity index is 1.79. The van der Waals surface area contributed by atoms with E-state index in [9.17, 15) is 9.35 Å². The molecule has 2 atom stereocenters. The zero-order chi connectivity index (χ0) is 19.4. The smallest absolute Gasteiger partial charge is 0.380 e. The molecule has 1 heterocycles. The van der Waals surface area contributed by atoms with E-state index >= 15 is 0 Å². The minimum Gasteiger partial charge on any atom is -0.497 e. The molecule has 0 aromatic heterocycles. The SMILES string of the molecule is COC(=O)CCC1CN(O[S+](O)c2cccc(Cl)c2)c2ccc(OC)cc21. The number of rotatable bonds is 7. The fourth-order valence-corrected chi connectivity index (χ4v) is 4.10. The van der Waals surface area contributed by atoms with E-state index in [1.807, 2.05) is 18.2 Å². The standard InChI is InChI=1S/C19H21ClNO5S/c1-24-15-7-8-18-17(11-15)13(6-9-19(22)25-2)12-21(18)26-27(23)16-5-3-4-14(20)10-16/h3-5,7-8,10-11,13,23H,6,9,12H2,1-2H3/q+1. The highest BCUT2D eigenvalue weighted by atomic mass is 35.5. The molecule has 6 nitrogen and oxygen atoms in total. The maximum absolute atomic E-state index is 11.5. The minimum absolute atomic E-state index is 0.0607. The molecule has 0 spiro atoms. The van der Waals surface area contributed by atoms with E-state index in [2.05, 4.69) is 0 Å². The molecule has 0 radical (unpaired) electrons. The zero-order valence-corrected chi connectivity index (χ0v) is 16.6. The second-order valence-electron chi connectivity index (χ2n) is 6.08. The lowest BCUT2D eigenvalue weighted by molar-refractivity contribution is -0.140. The molecule has 0 fully saturated rings. The van der Waals surface area contributed by atoms with Gasteiger partial charge in [-0.05, 0) is 40.5 Å². The molecular formula is C19H21ClNO5S+. The van der Waals surface area contributed by atoms with Crippen molar-refractivity contribution in [2.24, 2.45) is 0 Å². The van der Waals surface area contributed by atoms with E-state index < -0.39 is 11.5 Å². The first kappa shape index (κ1) is 19.8. The molecule has 1 aliphatic rings.